The molecule has 4 rings (SSSR count). The molecule has 0 fully saturated rings. The van der Waals surface area contributed by atoms with Crippen molar-refractivity contribution in [1.82, 2.24) is 9.55 Å². The lowest BCUT2D eigenvalue weighted by atomic mass is 10.1. The van der Waals surface area contributed by atoms with Gasteiger partial charge in [0.25, 0.3) is 0 Å². The Morgan fingerprint density at radius 2 is 2.09 bits per heavy atom. The zero-order valence-corrected chi connectivity index (χ0v) is 18.6. The highest BCUT2D eigenvalue weighted by Gasteiger charge is 2.19. The van der Waals surface area contributed by atoms with E-state index in [9.17, 15) is 14.0 Å². The first-order valence-corrected chi connectivity index (χ1v) is 10.7. The van der Waals surface area contributed by atoms with Crippen molar-refractivity contribution in [1.29, 1.82) is 0 Å². The largest absolute Gasteiger partial charge is 0.467 e. The van der Waals surface area contributed by atoms with Crippen molar-refractivity contribution in [2.45, 2.75) is 27.4 Å². The molecule has 1 aromatic carbocycles. The van der Waals surface area contributed by atoms with Crippen LogP contribution in [0.5, 0.6) is 5.75 Å². The maximum Gasteiger partial charge on any atom is 0.331 e. The van der Waals surface area contributed by atoms with E-state index in [-0.39, 0.29) is 19.2 Å². The minimum Gasteiger partial charge on any atom is -0.467 e. The third-order valence-electron chi connectivity index (χ3n) is 4.98. The van der Waals surface area contributed by atoms with E-state index in [1.54, 1.807) is 6.07 Å². The van der Waals surface area contributed by atoms with E-state index in [0.717, 1.165) is 28.3 Å². The molecule has 0 N–H and O–H groups in total. The molecule has 0 radical (unpaired) electrons. The van der Waals surface area contributed by atoms with E-state index in [0.29, 0.717) is 22.4 Å². The van der Waals surface area contributed by atoms with Crippen LogP contribution < -0.4 is 4.74 Å². The van der Waals surface area contributed by atoms with Gasteiger partial charge in [0.2, 0.25) is 5.78 Å². The molecule has 1 aliphatic rings. The molecule has 2 aromatic heterocycles. The lowest BCUT2D eigenvalue weighted by Gasteiger charge is -2.19. The summed E-state index contributed by atoms with van der Waals surface area (Å²) in [6.45, 7) is 5.50. The highest BCUT2D eigenvalue weighted by Crippen LogP contribution is 2.30. The van der Waals surface area contributed by atoms with Crippen LogP contribution in [0.1, 0.15) is 38.6 Å². The van der Waals surface area contributed by atoms with Crippen molar-refractivity contribution < 1.29 is 28.2 Å². The number of Topliss-reactive ketones (excluding diaryl/α,β-unsaturated/α-hetero) is 1. The number of esters is 1. The van der Waals surface area contributed by atoms with Gasteiger partial charge < -0.3 is 14.2 Å². The Bertz CT molecular complexity index is 1230. The van der Waals surface area contributed by atoms with E-state index in [1.807, 2.05) is 30.7 Å². The fourth-order valence-electron chi connectivity index (χ4n) is 3.54. The van der Waals surface area contributed by atoms with Crippen LogP contribution in [0.3, 0.4) is 0 Å². The number of carbonyl (C=O) groups excluding carboxylic acids is 2. The zero-order valence-electron chi connectivity index (χ0n) is 17.8. The molecule has 0 saturated carbocycles. The molecule has 0 unspecified atom stereocenters. The number of hydrogen-bond acceptors (Lipinski definition) is 7. The van der Waals surface area contributed by atoms with Gasteiger partial charge in [-0.25, -0.2) is 14.2 Å². The second-order valence-electron chi connectivity index (χ2n) is 7.35. The van der Waals surface area contributed by atoms with Crippen LogP contribution >= 0.6 is 11.3 Å². The summed E-state index contributed by atoms with van der Waals surface area (Å²) in [4.78, 5) is 29.3. The van der Waals surface area contributed by atoms with Gasteiger partial charge in [-0.3, -0.25) is 9.36 Å². The highest BCUT2D eigenvalue weighted by atomic mass is 32.1. The number of hydrogen-bond donors (Lipinski definition) is 0. The smallest absolute Gasteiger partial charge is 0.331 e. The number of fused-ring (bicyclic) bond motifs is 1. The molecule has 7 nitrogen and oxygen atoms in total. The molecule has 32 heavy (non-hydrogen) atoms. The predicted octanol–water partition coefficient (Wildman–Crippen LogP) is 4.30. The number of benzene rings is 1. The van der Waals surface area contributed by atoms with Crippen LogP contribution in [0.15, 0.2) is 29.7 Å². The Balaban J connectivity index is 1.43. The molecular formula is C23H21FN2O5S. The Morgan fingerprint density at radius 3 is 2.84 bits per heavy atom. The maximum atomic E-state index is 13.8. The number of ketones is 1. The molecule has 0 aliphatic carbocycles. The number of aryl methyl sites for hydroxylation is 2. The average molecular weight is 456 g/mol. The van der Waals surface area contributed by atoms with Crippen LogP contribution in [0.2, 0.25) is 0 Å². The number of rotatable bonds is 6. The molecule has 0 saturated heterocycles. The Morgan fingerprint density at radius 1 is 1.28 bits per heavy atom. The molecule has 0 bridgehead atoms. The number of nitrogens with zero attached hydrogens (tertiary/aromatic N) is 2. The Kier molecular flexibility index (Phi) is 6.20. The van der Waals surface area contributed by atoms with Crippen LogP contribution in [0.4, 0.5) is 4.39 Å². The topological polar surface area (TPSA) is 79.7 Å². The third kappa shape index (κ3) is 4.49. The van der Waals surface area contributed by atoms with Gasteiger partial charge in [-0.1, -0.05) is 0 Å². The van der Waals surface area contributed by atoms with E-state index in [4.69, 9.17) is 14.2 Å². The number of thiazole rings is 1. The highest BCUT2D eigenvalue weighted by molar-refractivity contribution is 7.12. The van der Waals surface area contributed by atoms with Gasteiger partial charge in [0, 0.05) is 39.5 Å². The summed E-state index contributed by atoms with van der Waals surface area (Å²) < 4.78 is 31.4. The van der Waals surface area contributed by atoms with Crippen LogP contribution in [0, 0.1) is 26.6 Å². The minimum atomic E-state index is -0.715. The molecule has 0 atom stereocenters. The molecule has 3 aromatic rings. The first-order chi connectivity index (χ1) is 15.3. The van der Waals surface area contributed by atoms with Crippen molar-refractivity contribution in [3.05, 3.63) is 69.2 Å². The lowest BCUT2D eigenvalue weighted by Crippen LogP contribution is -2.14. The molecule has 3 heterocycles. The average Bonchev–Trinajstić information content (AvgIpc) is 3.31. The molecule has 0 amide bonds. The number of aromatic nitrogens is 2. The van der Waals surface area contributed by atoms with Gasteiger partial charge >= 0.3 is 5.97 Å². The Labute approximate surface area is 188 Å². The first kappa shape index (κ1) is 21.9. The predicted molar refractivity (Wildman–Crippen MR) is 117 cm³/mol. The monoisotopic (exact) mass is 456 g/mol. The summed E-state index contributed by atoms with van der Waals surface area (Å²) in [6.07, 6.45) is 2.54. The second kappa shape index (κ2) is 9.05. The minimum absolute atomic E-state index is 0.0530. The summed E-state index contributed by atoms with van der Waals surface area (Å²) >= 11 is 1.49. The van der Waals surface area contributed by atoms with Gasteiger partial charge in [-0.2, -0.15) is 0 Å². The number of carbonyl (C=O) groups is 2. The van der Waals surface area contributed by atoms with E-state index in [1.165, 1.54) is 29.5 Å². The van der Waals surface area contributed by atoms with Gasteiger partial charge in [-0.05, 0) is 45.0 Å². The summed E-state index contributed by atoms with van der Waals surface area (Å²) in [6, 6.07) is 4.34. The van der Waals surface area contributed by atoms with Crippen molar-refractivity contribution in [2.75, 3.05) is 13.4 Å². The molecule has 1 aliphatic heterocycles. The normalized spacial score (nSPS) is 13.1. The van der Waals surface area contributed by atoms with Crippen molar-refractivity contribution >= 4 is 29.2 Å². The standard InChI is InChI=1S/C23H21FN2O5S/c1-13-11-32-23(25-13)26-14(2)6-19(15(26)3)20(27)10-30-21(28)5-4-16-7-18(24)8-17-9-29-12-31-22(16)17/h4-8,11H,9-10,12H2,1-3H3/b5-4+. The van der Waals surface area contributed by atoms with Gasteiger partial charge in [0.05, 0.1) is 12.3 Å². The fraction of sp³-hybridized carbons (Fsp3) is 0.261. The summed E-state index contributed by atoms with van der Waals surface area (Å²) in [5.74, 6) is -1.04. The molecule has 9 heteroatoms. The van der Waals surface area contributed by atoms with Crippen molar-refractivity contribution in [3.63, 3.8) is 0 Å². The van der Waals surface area contributed by atoms with Crippen molar-refractivity contribution in [3.8, 4) is 10.9 Å². The Hall–Kier alpha value is -3.30. The summed E-state index contributed by atoms with van der Waals surface area (Å²) in [5.41, 5.74) is 3.94. The lowest BCUT2D eigenvalue weighted by molar-refractivity contribution is -0.136. The zero-order chi connectivity index (χ0) is 22.8. The summed E-state index contributed by atoms with van der Waals surface area (Å²) in [7, 11) is 0. The van der Waals surface area contributed by atoms with E-state index >= 15 is 0 Å². The number of halogens is 1. The number of ether oxygens (including phenoxy) is 3. The van der Waals surface area contributed by atoms with Gasteiger partial charge in [-0.15, -0.1) is 11.3 Å². The van der Waals surface area contributed by atoms with Gasteiger partial charge in [0.15, 0.2) is 18.5 Å². The maximum absolute atomic E-state index is 13.8. The third-order valence-corrected chi connectivity index (χ3v) is 5.92. The van der Waals surface area contributed by atoms with E-state index < -0.39 is 18.4 Å². The SMILES string of the molecule is Cc1csc(-n2c(C)cc(C(=O)COC(=O)/C=C/c3cc(F)cc4c3OCOC4)c2C)n1. The second-order valence-corrected chi connectivity index (χ2v) is 8.19. The quantitative estimate of drug-likeness (QED) is 0.313. The van der Waals surface area contributed by atoms with E-state index in [2.05, 4.69) is 4.98 Å². The molecular weight excluding hydrogens is 435 g/mol. The molecule has 0 spiro atoms. The van der Waals surface area contributed by atoms with Crippen molar-refractivity contribution in [2.24, 2.45) is 0 Å². The first-order valence-electron chi connectivity index (χ1n) is 9.86. The van der Waals surface area contributed by atoms with Crippen LogP contribution in [-0.4, -0.2) is 34.7 Å². The van der Waals surface area contributed by atoms with Crippen LogP contribution in [0.25, 0.3) is 11.2 Å². The van der Waals surface area contributed by atoms with Crippen LogP contribution in [-0.2, 0) is 20.9 Å². The molecule has 166 valence electrons. The fourth-order valence-corrected chi connectivity index (χ4v) is 4.45. The van der Waals surface area contributed by atoms with Gasteiger partial charge in [0.1, 0.15) is 11.6 Å². The summed E-state index contributed by atoms with van der Waals surface area (Å²) in [5, 5.41) is 2.72.